The zero-order valence-corrected chi connectivity index (χ0v) is 22.9. The van der Waals surface area contributed by atoms with Gasteiger partial charge in [0, 0.05) is 11.1 Å². The number of aliphatic imine (C=N–C) groups is 2. The molecule has 42 heavy (non-hydrogen) atoms. The van der Waals surface area contributed by atoms with Crippen LogP contribution in [0.4, 0.5) is 11.4 Å². The van der Waals surface area contributed by atoms with Crippen LogP contribution in [0.15, 0.2) is 156 Å². The van der Waals surface area contributed by atoms with E-state index < -0.39 is 0 Å². The Morgan fingerprint density at radius 3 is 0.881 bits per heavy atom. The van der Waals surface area contributed by atoms with E-state index in [1.54, 1.807) is 0 Å². The van der Waals surface area contributed by atoms with E-state index in [0.717, 1.165) is 33.9 Å². The smallest absolute Gasteiger partial charge is 0.0724 e. The zero-order chi connectivity index (χ0) is 27.6. The van der Waals surface area contributed by atoms with E-state index in [2.05, 4.69) is 146 Å². The van der Waals surface area contributed by atoms with Crippen molar-refractivity contribution in [1.82, 2.24) is 0 Å². The number of hydrogen-bond donors (Lipinski definition) is 0. The molecule has 0 amide bonds. The van der Waals surface area contributed by atoms with Gasteiger partial charge in [-0.15, -0.1) is 0 Å². The minimum absolute atomic E-state index is 0.0243. The highest BCUT2D eigenvalue weighted by Crippen LogP contribution is 2.50. The second kappa shape index (κ2) is 9.09. The molecule has 196 valence electrons. The van der Waals surface area contributed by atoms with Crippen LogP contribution in [0.5, 0.6) is 0 Å². The van der Waals surface area contributed by atoms with Gasteiger partial charge in [0.25, 0.3) is 0 Å². The summed E-state index contributed by atoms with van der Waals surface area (Å²) in [5, 5.41) is 0. The fourth-order valence-electron chi connectivity index (χ4n) is 7.30. The van der Waals surface area contributed by atoms with E-state index in [9.17, 15) is 0 Å². The molecule has 1 aliphatic heterocycles. The quantitative estimate of drug-likeness (QED) is 0.211. The molecule has 6 aromatic rings. The summed E-state index contributed by atoms with van der Waals surface area (Å²) in [6.45, 7) is 0. The average molecular weight is 535 g/mol. The molecule has 0 aromatic heterocycles. The lowest BCUT2D eigenvalue weighted by atomic mass is 9.84. The van der Waals surface area contributed by atoms with Crippen molar-refractivity contribution in [1.29, 1.82) is 0 Å². The number of hydrogen-bond acceptors (Lipinski definition) is 2. The Morgan fingerprint density at radius 1 is 0.286 bits per heavy atom. The van der Waals surface area contributed by atoms with E-state index in [1.165, 1.54) is 44.5 Å². The van der Waals surface area contributed by atoms with Gasteiger partial charge in [0.2, 0.25) is 0 Å². The van der Waals surface area contributed by atoms with Gasteiger partial charge in [-0.05, 0) is 56.6 Å². The Labute approximate surface area is 245 Å². The van der Waals surface area contributed by atoms with Crippen LogP contribution in [-0.4, -0.2) is 11.4 Å². The van der Waals surface area contributed by atoms with Gasteiger partial charge in [-0.2, -0.15) is 0 Å². The maximum atomic E-state index is 5.59. The third-order valence-electron chi connectivity index (χ3n) is 9.06. The number of nitrogens with zero attached hydrogens (tertiary/aromatic N) is 2. The largest absolute Gasteiger partial charge is 0.251 e. The van der Waals surface area contributed by atoms with E-state index in [-0.39, 0.29) is 11.8 Å². The van der Waals surface area contributed by atoms with Crippen molar-refractivity contribution in [2.24, 2.45) is 9.98 Å². The van der Waals surface area contributed by atoms with Gasteiger partial charge in [0.1, 0.15) is 0 Å². The summed E-state index contributed by atoms with van der Waals surface area (Å²) in [6.07, 6.45) is 0. The molecule has 1 heterocycles. The molecule has 0 radical (unpaired) electrons. The normalized spacial score (nSPS) is 17.2. The van der Waals surface area contributed by atoms with Crippen LogP contribution in [0.3, 0.4) is 0 Å². The number of rotatable bonds is 2. The lowest BCUT2D eigenvalue weighted by Crippen LogP contribution is -2.18. The molecule has 0 saturated heterocycles. The van der Waals surface area contributed by atoms with Crippen molar-refractivity contribution in [3.05, 3.63) is 179 Å². The molecule has 3 aliphatic rings. The van der Waals surface area contributed by atoms with Crippen molar-refractivity contribution < 1.29 is 0 Å². The minimum Gasteiger partial charge on any atom is -0.251 e. The highest BCUT2D eigenvalue weighted by atomic mass is 14.8. The predicted octanol–water partition coefficient (Wildman–Crippen LogP) is 9.87. The van der Waals surface area contributed by atoms with Crippen LogP contribution >= 0.6 is 0 Å². The second-order valence-corrected chi connectivity index (χ2v) is 11.2. The van der Waals surface area contributed by atoms with E-state index in [0.29, 0.717) is 0 Å². The Kier molecular flexibility index (Phi) is 5.06. The maximum absolute atomic E-state index is 5.59. The van der Waals surface area contributed by atoms with Gasteiger partial charge in [-0.3, -0.25) is 9.98 Å². The Balaban J connectivity index is 1.32. The van der Waals surface area contributed by atoms with E-state index >= 15 is 0 Å². The summed E-state index contributed by atoms with van der Waals surface area (Å²) >= 11 is 0. The first-order chi connectivity index (χ1) is 20.9. The molecule has 0 fully saturated rings. The van der Waals surface area contributed by atoms with Gasteiger partial charge in [-0.25, -0.2) is 0 Å². The average Bonchev–Trinajstić information content (AvgIpc) is 3.55. The molecule has 0 bridgehead atoms. The van der Waals surface area contributed by atoms with Crippen LogP contribution in [0.25, 0.3) is 22.3 Å². The lowest BCUT2D eigenvalue weighted by molar-refractivity contribution is 1.10. The zero-order valence-electron chi connectivity index (χ0n) is 22.9. The first-order valence-corrected chi connectivity index (χ1v) is 14.6. The molecule has 0 atom stereocenters. The molecule has 2 heteroatoms. The Bertz CT molecular complexity index is 1870. The molecule has 2 aliphatic carbocycles. The first kappa shape index (κ1) is 23.4. The van der Waals surface area contributed by atoms with Crippen LogP contribution in [0, 0.1) is 0 Å². The van der Waals surface area contributed by atoms with Crippen LogP contribution in [0.1, 0.15) is 45.2 Å². The lowest BCUT2D eigenvalue weighted by Gasteiger charge is -2.24. The highest BCUT2D eigenvalue weighted by Gasteiger charge is 2.37. The van der Waals surface area contributed by atoms with Gasteiger partial charge in [-0.1, -0.05) is 133 Å². The molecule has 9 rings (SSSR count). The van der Waals surface area contributed by atoms with Crippen LogP contribution in [-0.2, 0) is 0 Å². The van der Waals surface area contributed by atoms with Crippen LogP contribution < -0.4 is 0 Å². The van der Waals surface area contributed by atoms with Crippen molar-refractivity contribution in [2.45, 2.75) is 11.8 Å². The minimum atomic E-state index is 0.0243. The van der Waals surface area contributed by atoms with Crippen LogP contribution in [0.2, 0.25) is 0 Å². The SMILES string of the molecule is c1ccc2c(c1)/N=C(/C1c3ccccc3-c3ccccc31)c1ccccc1/N=C\2C1c2ccccc2-c2ccccc21. The first-order valence-electron chi connectivity index (χ1n) is 14.6. The standard InChI is InChI=1S/C40H26N2/c1-5-17-29-25(13-1)26-14-2-6-18-30(26)37(29)39-33-21-9-11-23-35(33)42-40(34-22-10-12-24-36(34)41-39)38-31-19-7-3-15-27(31)28-16-4-8-20-32(28)38/h1-24,37-38H/b39-33?,40-34?,41-36?,41-39+,42-35?,42-40+. The third-order valence-corrected chi connectivity index (χ3v) is 9.06. The van der Waals surface area contributed by atoms with Crippen molar-refractivity contribution in [2.75, 3.05) is 0 Å². The summed E-state index contributed by atoms with van der Waals surface area (Å²) in [6, 6.07) is 52.2. The van der Waals surface area contributed by atoms with E-state index in [1.807, 2.05) is 0 Å². The molecule has 2 nitrogen and oxygen atoms in total. The topological polar surface area (TPSA) is 24.7 Å². The molecule has 0 saturated carbocycles. The molecular formula is C40H26N2. The Hall–Kier alpha value is -5.34. The Morgan fingerprint density at radius 2 is 0.548 bits per heavy atom. The molecule has 6 aromatic carbocycles. The number of benzene rings is 6. The van der Waals surface area contributed by atoms with Crippen molar-refractivity contribution in [3.63, 3.8) is 0 Å². The molecular weight excluding hydrogens is 508 g/mol. The van der Waals surface area contributed by atoms with Crippen molar-refractivity contribution >= 4 is 22.8 Å². The summed E-state index contributed by atoms with van der Waals surface area (Å²) in [4.78, 5) is 11.2. The molecule has 0 spiro atoms. The summed E-state index contributed by atoms with van der Waals surface area (Å²) < 4.78 is 0. The van der Waals surface area contributed by atoms with Gasteiger partial charge < -0.3 is 0 Å². The highest BCUT2D eigenvalue weighted by molar-refractivity contribution is 6.20. The molecule has 0 N–H and O–H groups in total. The van der Waals surface area contributed by atoms with Gasteiger partial charge in [0.05, 0.1) is 34.6 Å². The van der Waals surface area contributed by atoms with Crippen molar-refractivity contribution in [3.8, 4) is 22.3 Å². The fourth-order valence-corrected chi connectivity index (χ4v) is 7.30. The van der Waals surface area contributed by atoms with Gasteiger partial charge >= 0.3 is 0 Å². The predicted molar refractivity (Wildman–Crippen MR) is 173 cm³/mol. The third kappa shape index (κ3) is 3.33. The maximum Gasteiger partial charge on any atom is 0.0724 e. The monoisotopic (exact) mass is 534 g/mol. The van der Waals surface area contributed by atoms with E-state index in [4.69, 9.17) is 9.98 Å². The molecule has 0 unspecified atom stereocenters. The second-order valence-electron chi connectivity index (χ2n) is 11.2. The fraction of sp³-hybridized carbons (Fsp3) is 0.0500. The summed E-state index contributed by atoms with van der Waals surface area (Å²) in [7, 11) is 0. The number of fused-ring (bicyclic) bond motifs is 8. The summed E-state index contributed by atoms with van der Waals surface area (Å²) in [5.41, 5.74) is 16.5. The van der Waals surface area contributed by atoms with Gasteiger partial charge in [0.15, 0.2) is 0 Å². The summed E-state index contributed by atoms with van der Waals surface area (Å²) in [5.74, 6) is 0.0487. The number of para-hydroxylation sites is 2.